The first-order valence-corrected chi connectivity index (χ1v) is 8.18. The maximum absolute atomic E-state index is 9.72. The molecule has 8 nitrogen and oxygen atoms in total. The highest BCUT2D eigenvalue weighted by Crippen LogP contribution is 2.49. The van der Waals surface area contributed by atoms with Gasteiger partial charge < -0.3 is 24.7 Å². The van der Waals surface area contributed by atoms with E-state index >= 15 is 0 Å². The van der Waals surface area contributed by atoms with Gasteiger partial charge in [0.25, 0.3) is 0 Å². The van der Waals surface area contributed by atoms with Gasteiger partial charge in [-0.1, -0.05) is 13.8 Å². The molecule has 1 aromatic heterocycles. The molecule has 0 bridgehead atoms. The molecule has 0 amide bonds. The second kappa shape index (κ2) is 5.88. The molecule has 26 heavy (non-hydrogen) atoms. The fourth-order valence-electron chi connectivity index (χ4n) is 3.36. The van der Waals surface area contributed by atoms with E-state index in [1.54, 1.807) is 7.11 Å². The number of rotatable bonds is 3. The number of nitrogens with zero attached hydrogens (tertiary/aromatic N) is 2. The highest BCUT2D eigenvalue weighted by Gasteiger charge is 2.37. The molecule has 0 saturated carbocycles. The largest absolute Gasteiger partial charge is 0.493 e. The molecule has 1 aromatic carbocycles. The molecule has 134 valence electrons. The second-order valence-corrected chi connectivity index (χ2v) is 6.39. The van der Waals surface area contributed by atoms with E-state index in [1.807, 2.05) is 26.0 Å². The van der Waals surface area contributed by atoms with Crippen LogP contribution < -0.4 is 24.7 Å². The number of H-pyrrole nitrogens is 1. The van der Waals surface area contributed by atoms with Gasteiger partial charge in [-0.15, -0.1) is 5.10 Å². The predicted octanol–water partition coefficient (Wildman–Crippen LogP) is 2.49. The van der Waals surface area contributed by atoms with Crippen LogP contribution >= 0.6 is 0 Å². The summed E-state index contributed by atoms with van der Waals surface area (Å²) in [4.78, 5) is 0. The van der Waals surface area contributed by atoms with Crippen molar-refractivity contribution in [3.8, 4) is 29.2 Å². The lowest BCUT2D eigenvalue weighted by Crippen LogP contribution is -2.21. The van der Waals surface area contributed by atoms with Crippen molar-refractivity contribution >= 4 is 0 Å². The maximum Gasteiger partial charge on any atom is 0.244 e. The summed E-state index contributed by atoms with van der Waals surface area (Å²) in [7, 11) is 1.56. The minimum absolute atomic E-state index is 0.0449. The van der Waals surface area contributed by atoms with Gasteiger partial charge in [0.2, 0.25) is 24.3 Å². The Morgan fingerprint density at radius 3 is 2.88 bits per heavy atom. The van der Waals surface area contributed by atoms with Crippen LogP contribution in [0.4, 0.5) is 0 Å². The summed E-state index contributed by atoms with van der Waals surface area (Å²) in [5.74, 6) is 1.80. The number of allylic oxidation sites excluding steroid dienone is 1. The summed E-state index contributed by atoms with van der Waals surface area (Å²) in [6, 6.07) is 5.85. The van der Waals surface area contributed by atoms with Gasteiger partial charge in [0.05, 0.1) is 18.6 Å². The molecule has 2 aliphatic rings. The summed E-state index contributed by atoms with van der Waals surface area (Å²) in [5, 5.41) is 17.0. The number of hydrogen-bond acceptors (Lipinski definition) is 7. The first kappa shape index (κ1) is 16.1. The highest BCUT2D eigenvalue weighted by atomic mass is 16.7. The predicted molar refractivity (Wildman–Crippen MR) is 91.1 cm³/mol. The van der Waals surface area contributed by atoms with Crippen molar-refractivity contribution in [1.29, 1.82) is 5.26 Å². The third-order valence-electron chi connectivity index (χ3n) is 4.56. The molecular formula is C18H18N4O4. The van der Waals surface area contributed by atoms with E-state index in [0.717, 1.165) is 16.8 Å². The smallest absolute Gasteiger partial charge is 0.244 e. The molecule has 0 spiro atoms. The van der Waals surface area contributed by atoms with Crippen molar-refractivity contribution in [3.05, 3.63) is 40.4 Å². The quantitative estimate of drug-likeness (QED) is 0.870. The van der Waals surface area contributed by atoms with Crippen LogP contribution in [-0.4, -0.2) is 24.1 Å². The first-order valence-electron chi connectivity index (χ1n) is 8.18. The lowest BCUT2D eigenvalue weighted by Gasteiger charge is -2.25. The maximum atomic E-state index is 9.72. The summed E-state index contributed by atoms with van der Waals surface area (Å²) < 4.78 is 22.0. The zero-order valence-electron chi connectivity index (χ0n) is 14.6. The summed E-state index contributed by atoms with van der Waals surface area (Å²) in [6.45, 7) is 4.21. The van der Waals surface area contributed by atoms with E-state index in [4.69, 9.17) is 24.7 Å². The van der Waals surface area contributed by atoms with Crippen LogP contribution in [0.25, 0.3) is 0 Å². The van der Waals surface area contributed by atoms with Gasteiger partial charge in [0.15, 0.2) is 11.5 Å². The number of methoxy groups -OCH3 is 1. The normalized spacial score (nSPS) is 17.7. The van der Waals surface area contributed by atoms with Gasteiger partial charge in [-0.3, -0.25) is 5.10 Å². The number of fused-ring (bicyclic) bond motifs is 2. The van der Waals surface area contributed by atoms with Crippen LogP contribution in [0.2, 0.25) is 0 Å². The van der Waals surface area contributed by atoms with Crippen molar-refractivity contribution in [2.45, 2.75) is 25.7 Å². The van der Waals surface area contributed by atoms with Crippen LogP contribution in [0.15, 0.2) is 23.6 Å². The Kier molecular flexibility index (Phi) is 3.65. The first-order chi connectivity index (χ1) is 12.5. The SMILES string of the molecule is COc1cc(C2C(C#N)=C(N)Oc3n[nH]c(C(C)C)c32)cc2c1OCO2. The molecule has 0 fully saturated rings. The molecule has 2 aromatic rings. The number of nitriles is 1. The van der Waals surface area contributed by atoms with E-state index in [2.05, 4.69) is 16.3 Å². The third-order valence-corrected chi connectivity index (χ3v) is 4.56. The topological polar surface area (TPSA) is 115 Å². The number of nitrogens with one attached hydrogen (secondary N) is 1. The Bertz CT molecular complexity index is 955. The van der Waals surface area contributed by atoms with Crippen LogP contribution in [0.3, 0.4) is 0 Å². The summed E-state index contributed by atoms with van der Waals surface area (Å²) in [5.41, 5.74) is 8.79. The monoisotopic (exact) mass is 354 g/mol. The molecular weight excluding hydrogens is 336 g/mol. The lowest BCUT2D eigenvalue weighted by molar-refractivity contribution is 0.171. The number of benzene rings is 1. The van der Waals surface area contributed by atoms with Crippen LogP contribution in [-0.2, 0) is 0 Å². The van der Waals surface area contributed by atoms with Gasteiger partial charge in [0.1, 0.15) is 11.6 Å². The van der Waals surface area contributed by atoms with Crippen molar-refractivity contribution in [3.63, 3.8) is 0 Å². The van der Waals surface area contributed by atoms with Crippen LogP contribution in [0.5, 0.6) is 23.1 Å². The summed E-state index contributed by atoms with van der Waals surface area (Å²) >= 11 is 0. The van der Waals surface area contributed by atoms with Crippen molar-refractivity contribution in [2.24, 2.45) is 5.73 Å². The third kappa shape index (κ3) is 2.24. The lowest BCUT2D eigenvalue weighted by atomic mass is 9.82. The Morgan fingerprint density at radius 1 is 1.38 bits per heavy atom. The molecule has 0 radical (unpaired) electrons. The van der Waals surface area contributed by atoms with Crippen molar-refractivity contribution in [2.75, 3.05) is 13.9 Å². The minimum Gasteiger partial charge on any atom is -0.493 e. The van der Waals surface area contributed by atoms with E-state index in [9.17, 15) is 5.26 Å². The number of aromatic amines is 1. The zero-order chi connectivity index (χ0) is 18.4. The molecule has 3 N–H and O–H groups in total. The van der Waals surface area contributed by atoms with E-state index in [-0.39, 0.29) is 18.6 Å². The van der Waals surface area contributed by atoms with E-state index < -0.39 is 5.92 Å². The molecule has 1 unspecified atom stereocenters. The van der Waals surface area contributed by atoms with E-state index in [1.165, 1.54) is 0 Å². The average Bonchev–Trinajstić information content (AvgIpc) is 3.25. The van der Waals surface area contributed by atoms with Gasteiger partial charge in [-0.05, 0) is 23.6 Å². The fourth-order valence-corrected chi connectivity index (χ4v) is 3.36. The van der Waals surface area contributed by atoms with Crippen LogP contribution in [0.1, 0.15) is 42.5 Å². The van der Waals surface area contributed by atoms with Crippen LogP contribution in [0, 0.1) is 11.3 Å². The Hall–Kier alpha value is -3.34. The Morgan fingerprint density at radius 2 is 2.19 bits per heavy atom. The molecule has 0 aliphatic carbocycles. The van der Waals surface area contributed by atoms with Gasteiger partial charge >= 0.3 is 0 Å². The number of nitrogens with two attached hydrogens (primary N) is 1. The number of ether oxygens (including phenoxy) is 4. The van der Waals surface area contributed by atoms with Crippen molar-refractivity contribution in [1.82, 2.24) is 10.2 Å². The molecule has 0 saturated heterocycles. The van der Waals surface area contributed by atoms with Crippen molar-refractivity contribution < 1.29 is 18.9 Å². The second-order valence-electron chi connectivity index (χ2n) is 6.39. The van der Waals surface area contributed by atoms with Gasteiger partial charge in [-0.2, -0.15) is 5.26 Å². The summed E-state index contributed by atoms with van der Waals surface area (Å²) in [6.07, 6.45) is 0. The zero-order valence-corrected chi connectivity index (χ0v) is 14.6. The number of hydrogen-bond donors (Lipinski definition) is 2. The average molecular weight is 354 g/mol. The van der Waals surface area contributed by atoms with E-state index in [0.29, 0.717) is 28.7 Å². The molecule has 3 heterocycles. The number of aromatic nitrogens is 2. The molecule has 4 rings (SSSR count). The minimum atomic E-state index is -0.441. The molecule has 8 heteroatoms. The highest BCUT2D eigenvalue weighted by molar-refractivity contribution is 5.62. The molecule has 1 atom stereocenters. The van der Waals surface area contributed by atoms with Gasteiger partial charge in [-0.25, -0.2) is 0 Å². The molecule has 2 aliphatic heterocycles. The standard InChI is InChI=1S/C18H18N4O4/c1-8(2)15-14-13(10(6-19)17(20)26-18(14)22-21-15)9-4-11(23-3)16-12(5-9)24-7-25-16/h4-5,8,13H,7,20H2,1-3H3,(H,21,22). The Balaban J connectivity index is 1.96. The Labute approximate surface area is 150 Å². The fraction of sp³-hybridized carbons (Fsp3) is 0.333. The van der Waals surface area contributed by atoms with Gasteiger partial charge in [0, 0.05) is 5.69 Å².